The number of hydrogen-bond donors (Lipinski definition) is 2. The van der Waals surface area contributed by atoms with Crippen molar-refractivity contribution in [1.29, 1.82) is 0 Å². The van der Waals surface area contributed by atoms with Gasteiger partial charge in [-0.2, -0.15) is 0 Å². The van der Waals surface area contributed by atoms with E-state index in [-0.39, 0.29) is 18.7 Å². The van der Waals surface area contributed by atoms with Gasteiger partial charge in [0.1, 0.15) is 5.82 Å². The van der Waals surface area contributed by atoms with Crippen molar-refractivity contribution in [2.75, 3.05) is 31.7 Å². The van der Waals surface area contributed by atoms with Crippen molar-refractivity contribution in [1.82, 2.24) is 15.2 Å². The molecule has 1 saturated heterocycles. The summed E-state index contributed by atoms with van der Waals surface area (Å²) >= 11 is 0. The number of nitrogens with zero attached hydrogens (tertiary/aromatic N) is 2. The summed E-state index contributed by atoms with van der Waals surface area (Å²) in [6.45, 7) is 9.44. The highest BCUT2D eigenvalue weighted by molar-refractivity contribution is 6.08. The molecule has 208 valence electrons. The highest BCUT2D eigenvalue weighted by atomic mass is 16.7. The normalized spacial score (nSPS) is 15.6. The van der Waals surface area contributed by atoms with Crippen LogP contribution in [0.5, 0.6) is 11.5 Å². The Morgan fingerprint density at radius 1 is 0.975 bits per heavy atom. The lowest BCUT2D eigenvalue weighted by atomic mass is 9.99. The molecule has 7 heteroatoms. The molecule has 6 rings (SSSR count). The van der Waals surface area contributed by atoms with Crippen LogP contribution < -0.4 is 20.1 Å². The molecule has 3 heterocycles. The first-order valence-corrected chi connectivity index (χ1v) is 14.3. The summed E-state index contributed by atoms with van der Waals surface area (Å²) in [5.74, 6) is 2.24. The molecule has 1 unspecified atom stereocenters. The predicted molar refractivity (Wildman–Crippen MR) is 161 cm³/mol. The van der Waals surface area contributed by atoms with Gasteiger partial charge in [-0.1, -0.05) is 63.2 Å². The number of likely N-dealkylation sites (tertiary alicyclic amines) is 1. The maximum atomic E-state index is 14.1. The number of hydrogen-bond acceptors (Lipinski definition) is 6. The smallest absolute Gasteiger partial charge is 0.254 e. The standard InChI is InChI=1S/C31H32N4O3.C2H6/c1-2-32-19-24-9-6-14-35(24)31(36)26-17-30(33-18-21-7-4-3-5-8-21)34-27-12-10-22(15-25(26)27)23-11-13-28-29(16-23)38-20-37-28;1-2/h3-5,7-8,10-13,15-17,24,32H,2,6,9,14,18-20H2,1H3,(H,33,34);1-2H3. The number of carbonyl (C=O) groups excluding carboxylic acids is 1. The molecular weight excluding hydrogens is 500 g/mol. The fraction of sp³-hybridized carbons (Fsp3) is 0.333. The van der Waals surface area contributed by atoms with Crippen LogP contribution in [0.25, 0.3) is 22.0 Å². The number of likely N-dealkylation sites (N-methyl/N-ethyl adjacent to an activating group) is 1. The van der Waals surface area contributed by atoms with E-state index in [1.807, 2.05) is 73.3 Å². The van der Waals surface area contributed by atoms with Crippen LogP contribution in [0, 0.1) is 0 Å². The van der Waals surface area contributed by atoms with Gasteiger partial charge in [-0.25, -0.2) is 4.98 Å². The minimum Gasteiger partial charge on any atom is -0.454 e. The molecule has 7 nitrogen and oxygen atoms in total. The molecule has 0 bridgehead atoms. The monoisotopic (exact) mass is 538 g/mol. The largest absolute Gasteiger partial charge is 0.454 e. The zero-order chi connectivity index (χ0) is 27.9. The van der Waals surface area contributed by atoms with E-state index in [1.165, 1.54) is 0 Å². The van der Waals surface area contributed by atoms with Crippen molar-refractivity contribution in [2.45, 2.75) is 46.2 Å². The lowest BCUT2D eigenvalue weighted by Crippen LogP contribution is -2.41. The van der Waals surface area contributed by atoms with Crippen molar-refractivity contribution in [3.05, 3.63) is 83.9 Å². The second-order valence-corrected chi connectivity index (χ2v) is 9.80. The van der Waals surface area contributed by atoms with Crippen LogP contribution in [0.1, 0.15) is 49.5 Å². The van der Waals surface area contributed by atoms with Crippen LogP contribution in [0.2, 0.25) is 0 Å². The molecule has 40 heavy (non-hydrogen) atoms. The SMILES string of the molecule is CC.CCNCC1CCCN1C(=O)c1cc(NCc2ccccc2)nc2ccc(-c3ccc4c(c3)OCO4)cc12. The highest BCUT2D eigenvalue weighted by Gasteiger charge is 2.30. The molecule has 2 aliphatic heterocycles. The second-order valence-electron chi connectivity index (χ2n) is 9.80. The molecule has 1 fully saturated rings. The quantitative estimate of drug-likeness (QED) is 0.267. The number of anilines is 1. The average Bonchev–Trinajstić information content (AvgIpc) is 3.69. The Kier molecular flexibility index (Phi) is 8.81. The summed E-state index contributed by atoms with van der Waals surface area (Å²) in [6.07, 6.45) is 2.04. The van der Waals surface area contributed by atoms with Gasteiger partial charge in [0.2, 0.25) is 6.79 Å². The van der Waals surface area contributed by atoms with Crippen LogP contribution >= 0.6 is 0 Å². The van der Waals surface area contributed by atoms with Crippen LogP contribution in [0.4, 0.5) is 5.82 Å². The maximum absolute atomic E-state index is 14.1. The molecule has 1 aromatic heterocycles. The molecule has 2 aliphatic rings. The number of ether oxygens (including phenoxy) is 2. The third kappa shape index (κ3) is 5.89. The predicted octanol–water partition coefficient (Wildman–Crippen LogP) is 6.48. The third-order valence-corrected chi connectivity index (χ3v) is 7.33. The molecule has 1 atom stereocenters. The number of fused-ring (bicyclic) bond motifs is 2. The van der Waals surface area contributed by atoms with Crippen molar-refractivity contribution in [2.24, 2.45) is 0 Å². The van der Waals surface area contributed by atoms with Crippen molar-refractivity contribution >= 4 is 22.6 Å². The van der Waals surface area contributed by atoms with E-state index in [4.69, 9.17) is 14.5 Å². The minimum atomic E-state index is 0.0587. The average molecular weight is 539 g/mol. The number of carbonyl (C=O) groups is 1. The van der Waals surface area contributed by atoms with Gasteiger partial charge < -0.3 is 25.0 Å². The number of pyridine rings is 1. The van der Waals surface area contributed by atoms with Crippen LogP contribution in [-0.4, -0.2) is 48.3 Å². The van der Waals surface area contributed by atoms with Crippen LogP contribution in [0.15, 0.2) is 72.8 Å². The van der Waals surface area contributed by atoms with Crippen LogP contribution in [0.3, 0.4) is 0 Å². The van der Waals surface area contributed by atoms with Crippen molar-refractivity contribution < 1.29 is 14.3 Å². The summed E-state index contributed by atoms with van der Waals surface area (Å²) < 4.78 is 11.1. The van der Waals surface area contributed by atoms with Gasteiger partial charge in [0, 0.05) is 31.1 Å². The highest BCUT2D eigenvalue weighted by Crippen LogP contribution is 2.37. The number of rotatable bonds is 8. The molecule has 4 aromatic rings. The molecule has 0 aliphatic carbocycles. The van der Waals surface area contributed by atoms with Gasteiger partial charge in [-0.3, -0.25) is 4.79 Å². The Labute approximate surface area is 236 Å². The first kappa shape index (κ1) is 27.5. The fourth-order valence-corrected chi connectivity index (χ4v) is 5.32. The van der Waals surface area contributed by atoms with Crippen LogP contribution in [-0.2, 0) is 6.54 Å². The lowest BCUT2D eigenvalue weighted by molar-refractivity contribution is 0.0738. The number of aromatic nitrogens is 1. The Bertz CT molecular complexity index is 1460. The van der Waals surface area contributed by atoms with E-state index in [0.717, 1.165) is 71.6 Å². The van der Waals surface area contributed by atoms with Crippen molar-refractivity contribution in [3.63, 3.8) is 0 Å². The molecule has 1 amide bonds. The molecular formula is C33H38N4O3. The Balaban J connectivity index is 0.00000158. The van der Waals surface area contributed by atoms with E-state index in [0.29, 0.717) is 17.9 Å². The zero-order valence-electron chi connectivity index (χ0n) is 23.6. The van der Waals surface area contributed by atoms with E-state index in [2.05, 4.69) is 35.8 Å². The zero-order valence-corrected chi connectivity index (χ0v) is 23.6. The lowest BCUT2D eigenvalue weighted by Gasteiger charge is -2.26. The van der Waals surface area contributed by atoms with Gasteiger partial charge >= 0.3 is 0 Å². The Morgan fingerprint density at radius 2 is 1.75 bits per heavy atom. The summed E-state index contributed by atoms with van der Waals surface area (Å²) in [4.78, 5) is 21.0. The van der Waals surface area contributed by atoms with E-state index in [1.54, 1.807) is 0 Å². The first-order valence-electron chi connectivity index (χ1n) is 14.3. The summed E-state index contributed by atoms with van der Waals surface area (Å²) in [7, 11) is 0. The first-order chi connectivity index (χ1) is 19.7. The number of nitrogens with one attached hydrogen (secondary N) is 2. The van der Waals surface area contributed by atoms with Gasteiger partial charge in [0.05, 0.1) is 11.1 Å². The summed E-state index contributed by atoms with van der Waals surface area (Å²) in [5, 5.41) is 7.71. The van der Waals surface area contributed by atoms with E-state index >= 15 is 0 Å². The Morgan fingerprint density at radius 3 is 2.58 bits per heavy atom. The number of amides is 1. The maximum Gasteiger partial charge on any atom is 0.254 e. The van der Waals surface area contributed by atoms with Gasteiger partial charge in [0.15, 0.2) is 11.5 Å². The summed E-state index contributed by atoms with van der Waals surface area (Å²) in [5.41, 5.74) is 4.63. The van der Waals surface area contributed by atoms with E-state index in [9.17, 15) is 4.79 Å². The van der Waals surface area contributed by atoms with E-state index < -0.39 is 0 Å². The Hall–Kier alpha value is -4.10. The molecule has 0 spiro atoms. The molecule has 2 N–H and O–H groups in total. The van der Waals surface area contributed by atoms with Gasteiger partial charge in [0.25, 0.3) is 5.91 Å². The topological polar surface area (TPSA) is 75.7 Å². The second kappa shape index (κ2) is 12.8. The fourth-order valence-electron chi connectivity index (χ4n) is 5.32. The molecule has 3 aromatic carbocycles. The van der Waals surface area contributed by atoms with Gasteiger partial charge in [-0.15, -0.1) is 0 Å². The molecule has 0 saturated carbocycles. The molecule has 0 radical (unpaired) electrons. The summed E-state index contributed by atoms with van der Waals surface area (Å²) in [6, 6.07) is 24.4. The third-order valence-electron chi connectivity index (χ3n) is 7.33. The minimum absolute atomic E-state index is 0.0587. The van der Waals surface area contributed by atoms with Gasteiger partial charge in [-0.05, 0) is 66.4 Å². The van der Waals surface area contributed by atoms with Crippen molar-refractivity contribution in [3.8, 4) is 22.6 Å². The number of benzene rings is 3.